The van der Waals surface area contributed by atoms with Gasteiger partial charge in [0.05, 0.1) is 6.61 Å². The number of hydrogen-bond acceptors (Lipinski definition) is 2. The van der Waals surface area contributed by atoms with Crippen LogP contribution in [0.1, 0.15) is 46.0 Å². The molecule has 0 aliphatic carbocycles. The molecule has 15 heavy (non-hydrogen) atoms. The molecule has 0 aromatic heterocycles. The van der Waals surface area contributed by atoms with E-state index in [1.54, 1.807) is 0 Å². The first kappa shape index (κ1) is 14.8. The van der Waals surface area contributed by atoms with Crippen LogP contribution >= 0.6 is 0 Å². The number of ether oxygens (including phenoxy) is 1. The second-order valence-corrected chi connectivity index (χ2v) is 4.45. The second-order valence-electron chi connectivity index (χ2n) is 4.45. The minimum atomic E-state index is -1.03. The van der Waals surface area contributed by atoms with Gasteiger partial charge in [0.25, 0.3) is 0 Å². The van der Waals surface area contributed by atoms with Crippen molar-refractivity contribution < 1.29 is 14.2 Å². The predicted molar refractivity (Wildman–Crippen MR) is 60.7 cm³/mol. The van der Waals surface area contributed by atoms with E-state index in [1.165, 1.54) is 0 Å². The van der Waals surface area contributed by atoms with Crippen molar-refractivity contribution in [2.75, 3.05) is 19.8 Å². The van der Waals surface area contributed by atoms with Gasteiger partial charge in [-0.1, -0.05) is 33.1 Å². The van der Waals surface area contributed by atoms with Gasteiger partial charge in [0, 0.05) is 13.2 Å². The zero-order valence-electron chi connectivity index (χ0n) is 10.0. The molecule has 0 rings (SSSR count). The van der Waals surface area contributed by atoms with Crippen LogP contribution < -0.4 is 0 Å². The van der Waals surface area contributed by atoms with Crippen LogP contribution in [-0.4, -0.2) is 31.1 Å². The number of unbranched alkanes of at least 4 members (excludes halogenated alkanes) is 3. The molecule has 0 fully saturated rings. The minimum Gasteiger partial charge on any atom is -0.393 e. The summed E-state index contributed by atoms with van der Waals surface area (Å²) < 4.78 is 18.0. The quantitative estimate of drug-likeness (QED) is 0.574. The normalized spacial score (nSPS) is 13.4. The lowest BCUT2D eigenvalue weighted by atomic mass is 10.1. The lowest BCUT2D eigenvalue weighted by Crippen LogP contribution is -2.05. The second kappa shape index (κ2) is 10.4. The third-order valence-electron chi connectivity index (χ3n) is 2.21. The van der Waals surface area contributed by atoms with Crippen LogP contribution in [0, 0.1) is 5.92 Å². The Morgan fingerprint density at radius 3 is 2.40 bits per heavy atom. The lowest BCUT2D eigenvalue weighted by Gasteiger charge is -2.07. The molecule has 0 amide bonds. The fourth-order valence-electron chi connectivity index (χ4n) is 1.33. The van der Waals surface area contributed by atoms with E-state index >= 15 is 0 Å². The largest absolute Gasteiger partial charge is 0.393 e. The van der Waals surface area contributed by atoms with Crippen LogP contribution in [0.25, 0.3) is 0 Å². The van der Waals surface area contributed by atoms with E-state index < -0.39 is 6.17 Å². The van der Waals surface area contributed by atoms with Gasteiger partial charge in [-0.2, -0.15) is 0 Å². The lowest BCUT2D eigenvalue weighted by molar-refractivity contribution is 0.106. The van der Waals surface area contributed by atoms with Gasteiger partial charge in [0.1, 0.15) is 6.17 Å². The first-order valence-corrected chi connectivity index (χ1v) is 5.99. The molecule has 0 bridgehead atoms. The summed E-state index contributed by atoms with van der Waals surface area (Å²) in [5, 5.41) is 8.46. The summed E-state index contributed by atoms with van der Waals surface area (Å²) in [4.78, 5) is 0. The number of alkyl halides is 1. The Kier molecular flexibility index (Phi) is 10.3. The van der Waals surface area contributed by atoms with E-state index in [4.69, 9.17) is 9.84 Å². The molecule has 0 heterocycles. The number of rotatable bonds is 10. The molecule has 0 saturated heterocycles. The van der Waals surface area contributed by atoms with Gasteiger partial charge in [-0.05, 0) is 18.8 Å². The van der Waals surface area contributed by atoms with Crippen molar-refractivity contribution in [3.05, 3.63) is 0 Å². The van der Waals surface area contributed by atoms with Crippen molar-refractivity contribution >= 4 is 0 Å². The minimum absolute atomic E-state index is 0.336. The van der Waals surface area contributed by atoms with Crippen molar-refractivity contribution in [2.45, 2.75) is 52.1 Å². The monoisotopic (exact) mass is 220 g/mol. The molecule has 1 atom stereocenters. The van der Waals surface area contributed by atoms with Gasteiger partial charge in [-0.25, -0.2) is 4.39 Å². The Morgan fingerprint density at radius 2 is 1.80 bits per heavy atom. The Hall–Kier alpha value is -0.150. The average Bonchev–Trinajstić information content (AvgIpc) is 2.21. The number of halogens is 1. The average molecular weight is 220 g/mol. The fourth-order valence-corrected chi connectivity index (χ4v) is 1.33. The van der Waals surface area contributed by atoms with Gasteiger partial charge in [0.2, 0.25) is 0 Å². The molecule has 0 radical (unpaired) electrons. The molecule has 3 heteroatoms. The van der Waals surface area contributed by atoms with E-state index in [-0.39, 0.29) is 6.61 Å². The van der Waals surface area contributed by atoms with Gasteiger partial charge < -0.3 is 9.84 Å². The summed E-state index contributed by atoms with van der Waals surface area (Å²) >= 11 is 0. The van der Waals surface area contributed by atoms with Crippen molar-refractivity contribution in [1.82, 2.24) is 0 Å². The highest BCUT2D eigenvalue weighted by molar-refractivity contribution is 4.53. The number of hydrogen-bond donors (Lipinski definition) is 1. The predicted octanol–water partition coefficient (Wildman–Crippen LogP) is 2.94. The molecule has 0 aromatic rings. The first-order chi connectivity index (χ1) is 7.16. The van der Waals surface area contributed by atoms with E-state index in [2.05, 4.69) is 13.8 Å². The fraction of sp³-hybridized carbons (Fsp3) is 1.00. The molecule has 1 unspecified atom stereocenters. The number of aliphatic hydroxyl groups excluding tert-OH is 1. The summed E-state index contributed by atoms with van der Waals surface area (Å²) in [5.74, 6) is 0.599. The van der Waals surface area contributed by atoms with Crippen molar-refractivity contribution in [2.24, 2.45) is 5.92 Å². The van der Waals surface area contributed by atoms with Gasteiger partial charge in [-0.15, -0.1) is 0 Å². The van der Waals surface area contributed by atoms with Crippen molar-refractivity contribution in [1.29, 1.82) is 0 Å². The van der Waals surface area contributed by atoms with Crippen LogP contribution in [0.15, 0.2) is 0 Å². The molecule has 2 nitrogen and oxygen atoms in total. The highest BCUT2D eigenvalue weighted by Gasteiger charge is 2.02. The van der Waals surface area contributed by atoms with Gasteiger partial charge in [-0.3, -0.25) is 0 Å². The van der Waals surface area contributed by atoms with Crippen LogP contribution in [0.5, 0.6) is 0 Å². The van der Waals surface area contributed by atoms with Gasteiger partial charge >= 0.3 is 0 Å². The molecule has 1 N–H and O–H groups in total. The highest BCUT2D eigenvalue weighted by atomic mass is 19.1. The zero-order valence-corrected chi connectivity index (χ0v) is 10.0. The molecule has 0 saturated carbocycles. The van der Waals surface area contributed by atoms with E-state index in [0.29, 0.717) is 12.3 Å². The highest BCUT2D eigenvalue weighted by Crippen LogP contribution is 2.08. The van der Waals surface area contributed by atoms with Gasteiger partial charge in [0.15, 0.2) is 0 Å². The maximum Gasteiger partial charge on any atom is 0.123 e. The zero-order chi connectivity index (χ0) is 11.5. The Balaban J connectivity index is 2.99. The Bertz CT molecular complexity index is 129. The summed E-state index contributed by atoms with van der Waals surface area (Å²) in [5.41, 5.74) is 0. The molecule has 0 aromatic carbocycles. The maximum absolute atomic E-state index is 12.6. The summed E-state index contributed by atoms with van der Waals surface area (Å²) in [6.07, 6.45) is 3.52. The van der Waals surface area contributed by atoms with E-state index in [1.807, 2.05) is 0 Å². The first-order valence-electron chi connectivity index (χ1n) is 5.99. The molecule has 0 spiro atoms. The third kappa shape index (κ3) is 11.8. The summed E-state index contributed by atoms with van der Waals surface area (Å²) in [7, 11) is 0. The molecular formula is C12H25FO2. The molecule has 92 valence electrons. The Morgan fingerprint density at radius 1 is 1.13 bits per heavy atom. The van der Waals surface area contributed by atoms with Crippen LogP contribution in [0.3, 0.4) is 0 Å². The standard InChI is InChI=1S/C12H25FO2/c1-11(2)10-15-8-6-4-3-5-7-12(13)9-14/h11-12,14H,3-10H2,1-2H3. The van der Waals surface area contributed by atoms with Crippen molar-refractivity contribution in [3.8, 4) is 0 Å². The maximum atomic E-state index is 12.6. The van der Waals surface area contributed by atoms with Crippen LogP contribution in [0.2, 0.25) is 0 Å². The topological polar surface area (TPSA) is 29.5 Å². The Labute approximate surface area is 92.8 Å². The summed E-state index contributed by atoms with van der Waals surface area (Å²) in [6.45, 7) is 5.58. The molecular weight excluding hydrogens is 195 g/mol. The molecule has 0 aliphatic heterocycles. The van der Waals surface area contributed by atoms with E-state index in [0.717, 1.165) is 38.9 Å². The van der Waals surface area contributed by atoms with Crippen molar-refractivity contribution in [3.63, 3.8) is 0 Å². The summed E-state index contributed by atoms with van der Waals surface area (Å²) in [6, 6.07) is 0. The van der Waals surface area contributed by atoms with Crippen LogP contribution in [0.4, 0.5) is 4.39 Å². The van der Waals surface area contributed by atoms with E-state index in [9.17, 15) is 4.39 Å². The van der Waals surface area contributed by atoms with Crippen LogP contribution in [-0.2, 0) is 4.74 Å². The molecule has 0 aliphatic rings. The third-order valence-corrected chi connectivity index (χ3v) is 2.21. The number of aliphatic hydroxyl groups is 1. The SMILES string of the molecule is CC(C)COCCCCCCC(F)CO. The smallest absolute Gasteiger partial charge is 0.123 e.